The number of rotatable bonds is 5. The molecule has 1 N–H and O–H groups in total. The molecular weight excluding hydrogens is 513 g/mol. The van der Waals surface area contributed by atoms with E-state index in [1.54, 1.807) is 19.1 Å². The summed E-state index contributed by atoms with van der Waals surface area (Å²) in [6.07, 6.45) is 1.87. The van der Waals surface area contributed by atoms with Crippen molar-refractivity contribution < 1.29 is 13.9 Å². The van der Waals surface area contributed by atoms with E-state index >= 15 is 0 Å². The summed E-state index contributed by atoms with van der Waals surface area (Å²) < 4.78 is 21.4. The molecule has 1 aliphatic heterocycles. The largest absolute Gasteiger partial charge is 0.463 e. The number of halogens is 1. The Morgan fingerprint density at radius 2 is 1.79 bits per heavy atom. The maximum Gasteiger partial charge on any atom is 0.338 e. The van der Waals surface area contributed by atoms with Gasteiger partial charge in [-0.15, -0.1) is 0 Å². The first-order valence-corrected chi connectivity index (χ1v) is 13.4. The second-order valence-corrected chi connectivity index (χ2v) is 10.2. The van der Waals surface area contributed by atoms with Gasteiger partial charge in [0.05, 0.1) is 28.5 Å². The summed E-state index contributed by atoms with van der Waals surface area (Å²) in [5, 5.41) is 1.01. The number of carbonyl (C=O) groups is 1. The van der Waals surface area contributed by atoms with Crippen molar-refractivity contribution in [2.24, 2.45) is 4.99 Å². The molecule has 0 fully saturated rings. The van der Waals surface area contributed by atoms with Crippen LogP contribution in [0.2, 0.25) is 0 Å². The van der Waals surface area contributed by atoms with Crippen LogP contribution in [0.15, 0.2) is 94.2 Å². The van der Waals surface area contributed by atoms with Crippen LogP contribution in [0.3, 0.4) is 0 Å². The van der Waals surface area contributed by atoms with Gasteiger partial charge in [-0.1, -0.05) is 72.0 Å². The maximum atomic E-state index is 14.0. The number of aromatic amines is 1. The minimum absolute atomic E-state index is 0.158. The highest BCUT2D eigenvalue weighted by Crippen LogP contribution is 2.35. The van der Waals surface area contributed by atoms with Gasteiger partial charge in [-0.05, 0) is 43.7 Å². The van der Waals surface area contributed by atoms with Crippen molar-refractivity contribution >= 4 is 40.0 Å². The van der Waals surface area contributed by atoms with E-state index in [0.29, 0.717) is 20.6 Å². The molecule has 0 bridgehead atoms. The van der Waals surface area contributed by atoms with Crippen molar-refractivity contribution in [3.63, 3.8) is 0 Å². The quantitative estimate of drug-likeness (QED) is 0.325. The number of hydrogen-bond acceptors (Lipinski definition) is 5. The van der Waals surface area contributed by atoms with Gasteiger partial charge in [0.1, 0.15) is 5.82 Å². The van der Waals surface area contributed by atoms with Crippen molar-refractivity contribution in [3.8, 4) is 0 Å². The molecule has 0 unspecified atom stereocenters. The molecule has 5 aromatic rings. The normalized spacial score (nSPS) is 15.4. The van der Waals surface area contributed by atoms with Gasteiger partial charge in [0, 0.05) is 27.7 Å². The maximum absolute atomic E-state index is 14.0. The molecule has 6 nitrogen and oxygen atoms in total. The Morgan fingerprint density at radius 3 is 2.54 bits per heavy atom. The highest BCUT2D eigenvalue weighted by Gasteiger charge is 2.35. The van der Waals surface area contributed by atoms with Crippen molar-refractivity contribution in [1.82, 2.24) is 9.55 Å². The van der Waals surface area contributed by atoms with Gasteiger partial charge < -0.3 is 9.72 Å². The number of H-pyrrole nitrogens is 1. The number of carbonyl (C=O) groups excluding carboxylic acids is 1. The van der Waals surface area contributed by atoms with Gasteiger partial charge in [0.25, 0.3) is 5.56 Å². The third kappa shape index (κ3) is 4.32. The molecule has 3 aromatic carbocycles. The second kappa shape index (κ2) is 9.96. The predicted octanol–water partition coefficient (Wildman–Crippen LogP) is 4.86. The summed E-state index contributed by atoms with van der Waals surface area (Å²) in [6, 6.07) is 22.2. The Hall–Kier alpha value is -4.56. The zero-order valence-electron chi connectivity index (χ0n) is 21.3. The summed E-state index contributed by atoms with van der Waals surface area (Å²) in [6.45, 7) is 3.85. The van der Waals surface area contributed by atoms with E-state index in [0.717, 1.165) is 27.7 Å². The highest BCUT2D eigenvalue weighted by atomic mass is 32.1. The number of aryl methyl sites for hydroxylation is 1. The molecule has 1 aliphatic rings. The predicted molar refractivity (Wildman–Crippen MR) is 150 cm³/mol. The first kappa shape index (κ1) is 24.8. The molecule has 0 saturated carbocycles. The molecule has 39 heavy (non-hydrogen) atoms. The van der Waals surface area contributed by atoms with Crippen molar-refractivity contribution in [2.45, 2.75) is 19.9 Å². The number of aromatic nitrogens is 2. The fraction of sp³-hybridized carbons (Fsp3) is 0.129. The van der Waals surface area contributed by atoms with Crippen LogP contribution in [0, 0.1) is 12.7 Å². The second-order valence-electron chi connectivity index (χ2n) is 9.19. The Bertz CT molecular complexity index is 1930. The number of hydrogen-bond donors (Lipinski definition) is 1. The molecule has 0 radical (unpaired) electrons. The molecule has 8 heteroatoms. The van der Waals surface area contributed by atoms with Crippen LogP contribution in [-0.4, -0.2) is 22.1 Å². The van der Waals surface area contributed by atoms with Crippen LogP contribution in [0.4, 0.5) is 4.39 Å². The topological polar surface area (TPSA) is 76.4 Å². The van der Waals surface area contributed by atoms with E-state index in [1.165, 1.54) is 28.0 Å². The first-order chi connectivity index (χ1) is 19.0. The Kier molecular flexibility index (Phi) is 6.32. The Balaban J connectivity index is 1.67. The van der Waals surface area contributed by atoms with Crippen LogP contribution in [0.5, 0.6) is 0 Å². The van der Waals surface area contributed by atoms with E-state index in [9.17, 15) is 14.0 Å². The number of nitrogens with zero attached hydrogens (tertiary/aromatic N) is 2. The molecule has 0 saturated heterocycles. The van der Waals surface area contributed by atoms with E-state index in [-0.39, 0.29) is 17.7 Å². The number of para-hydroxylation sites is 1. The van der Waals surface area contributed by atoms with Gasteiger partial charge in [-0.2, -0.15) is 0 Å². The van der Waals surface area contributed by atoms with Crippen LogP contribution in [0.1, 0.15) is 35.3 Å². The summed E-state index contributed by atoms with van der Waals surface area (Å²) in [7, 11) is 0. The number of nitrogens with one attached hydrogen (secondary N) is 1. The Morgan fingerprint density at radius 1 is 1.08 bits per heavy atom. The number of ether oxygens (including phenoxy) is 1. The first-order valence-electron chi connectivity index (χ1n) is 12.6. The minimum atomic E-state index is -0.845. The lowest BCUT2D eigenvalue weighted by Crippen LogP contribution is -2.40. The van der Waals surface area contributed by atoms with Crippen LogP contribution in [-0.2, 0) is 9.53 Å². The lowest BCUT2D eigenvalue weighted by Gasteiger charge is -2.25. The number of esters is 1. The molecule has 6 rings (SSSR count). The molecule has 0 aliphatic carbocycles. The smallest absolute Gasteiger partial charge is 0.338 e. The van der Waals surface area contributed by atoms with Gasteiger partial charge >= 0.3 is 5.97 Å². The zero-order valence-corrected chi connectivity index (χ0v) is 22.1. The van der Waals surface area contributed by atoms with E-state index in [2.05, 4.69) is 4.98 Å². The monoisotopic (exact) mass is 537 g/mol. The standard InChI is InChI=1S/C31H24FN3O3S/c1-3-38-30(37)26-27(19-9-5-4-6-10-19)34-31-35(28(26)20-13-15-21(32)16-14-20)29(36)25(39-31)17-23-18(2)33-24-12-8-7-11-22(23)24/h4-17,28,33H,3H2,1-2H3/b25-17-/t28-/m1/s1. The van der Waals surface area contributed by atoms with Crippen LogP contribution >= 0.6 is 11.3 Å². The molecule has 0 spiro atoms. The van der Waals surface area contributed by atoms with Crippen molar-refractivity contribution in [1.29, 1.82) is 0 Å². The third-order valence-electron chi connectivity index (χ3n) is 6.78. The van der Waals surface area contributed by atoms with Crippen LogP contribution in [0.25, 0.3) is 22.7 Å². The minimum Gasteiger partial charge on any atom is -0.463 e. The molecule has 194 valence electrons. The van der Waals surface area contributed by atoms with Gasteiger partial charge in [0.15, 0.2) is 4.80 Å². The summed E-state index contributed by atoms with van der Waals surface area (Å²) in [5.74, 6) is -0.984. The van der Waals surface area contributed by atoms with Crippen molar-refractivity contribution in [2.75, 3.05) is 6.61 Å². The fourth-order valence-electron chi connectivity index (χ4n) is 5.02. The lowest BCUT2D eigenvalue weighted by molar-refractivity contribution is -0.138. The molecular formula is C31H24FN3O3S. The molecule has 2 aromatic heterocycles. The average Bonchev–Trinajstić information content (AvgIpc) is 3.44. The Labute approximate surface area is 227 Å². The van der Waals surface area contributed by atoms with Crippen molar-refractivity contribution in [3.05, 3.63) is 132 Å². The van der Waals surface area contributed by atoms with Gasteiger partial charge in [0.2, 0.25) is 0 Å². The van der Waals surface area contributed by atoms with E-state index in [1.807, 2.05) is 67.6 Å². The zero-order chi connectivity index (χ0) is 27.1. The number of fused-ring (bicyclic) bond motifs is 2. The summed E-state index contributed by atoms with van der Waals surface area (Å²) >= 11 is 1.26. The van der Waals surface area contributed by atoms with E-state index < -0.39 is 17.8 Å². The summed E-state index contributed by atoms with van der Waals surface area (Å²) in [4.78, 5) is 36.2. The highest BCUT2D eigenvalue weighted by molar-refractivity contribution is 7.07. The average molecular weight is 538 g/mol. The SMILES string of the molecule is CCOC(=O)C1=C(c2ccccc2)N=c2s/c(=C\c3c(C)[nH]c4ccccc34)c(=O)n2[C@@H]1c1ccc(F)cc1. The van der Waals surface area contributed by atoms with Gasteiger partial charge in [-0.3, -0.25) is 9.36 Å². The van der Waals surface area contributed by atoms with Crippen LogP contribution < -0.4 is 14.9 Å². The molecule has 3 heterocycles. The number of benzene rings is 3. The molecule has 0 amide bonds. The van der Waals surface area contributed by atoms with Gasteiger partial charge in [-0.25, -0.2) is 14.2 Å². The lowest BCUT2D eigenvalue weighted by atomic mass is 9.93. The summed E-state index contributed by atoms with van der Waals surface area (Å²) in [5.41, 5.74) is 4.52. The van der Waals surface area contributed by atoms with E-state index in [4.69, 9.17) is 9.73 Å². The third-order valence-corrected chi connectivity index (χ3v) is 7.76. The number of thiazole rings is 1. The molecule has 1 atom stereocenters. The fourth-order valence-corrected chi connectivity index (χ4v) is 6.00.